The van der Waals surface area contributed by atoms with Gasteiger partial charge in [0.2, 0.25) is 0 Å². The topological polar surface area (TPSA) is 72.7 Å². The molecule has 0 saturated carbocycles. The molecule has 0 unspecified atom stereocenters. The molecule has 7 nitrogen and oxygen atoms in total. The highest BCUT2D eigenvalue weighted by Crippen LogP contribution is 2.27. The summed E-state index contributed by atoms with van der Waals surface area (Å²) in [6, 6.07) is 16.0. The van der Waals surface area contributed by atoms with Crippen molar-refractivity contribution in [2.45, 2.75) is 19.6 Å². The number of benzene rings is 2. The maximum absolute atomic E-state index is 5.57. The molecule has 1 aromatic heterocycles. The lowest BCUT2D eigenvalue weighted by Gasteiger charge is -2.15. The number of guanidine groups is 1. The summed E-state index contributed by atoms with van der Waals surface area (Å²) >= 11 is 0. The number of ether oxygens (including phenoxy) is 2. The number of nitrogens with one attached hydrogen (secondary N) is 2. The zero-order valence-corrected chi connectivity index (χ0v) is 20.6. The Morgan fingerprint density at radius 3 is 2.56 bits per heavy atom. The van der Waals surface area contributed by atoms with Crippen LogP contribution in [0, 0.1) is 12.3 Å². The summed E-state index contributed by atoms with van der Waals surface area (Å²) < 4.78 is 12.8. The van der Waals surface area contributed by atoms with Crippen molar-refractivity contribution in [3.63, 3.8) is 0 Å². The van der Waals surface area contributed by atoms with Crippen LogP contribution in [0.4, 0.5) is 0 Å². The minimum Gasteiger partial charge on any atom is -0.493 e. The van der Waals surface area contributed by atoms with Crippen molar-refractivity contribution in [3.8, 4) is 23.8 Å². The van der Waals surface area contributed by atoms with Gasteiger partial charge < -0.3 is 20.1 Å². The SMILES string of the molecule is C#CCOc1cc(CNC(=NC)NCc2ccccc2Cn2cccn2)ccc1OC.I. The third kappa shape index (κ3) is 7.20. The minimum absolute atomic E-state index is 0. The third-order valence-corrected chi connectivity index (χ3v) is 4.68. The van der Waals surface area contributed by atoms with Gasteiger partial charge >= 0.3 is 0 Å². The summed E-state index contributed by atoms with van der Waals surface area (Å²) in [6.07, 6.45) is 9.04. The highest BCUT2D eigenvalue weighted by Gasteiger charge is 2.08. The van der Waals surface area contributed by atoms with Gasteiger partial charge in [0.05, 0.1) is 13.7 Å². The molecule has 0 amide bonds. The van der Waals surface area contributed by atoms with E-state index in [0.29, 0.717) is 30.5 Å². The van der Waals surface area contributed by atoms with E-state index in [-0.39, 0.29) is 30.6 Å². The Hall–Kier alpha value is -3.19. The molecule has 8 heteroatoms. The number of hydrogen-bond donors (Lipinski definition) is 2. The Balaban J connectivity index is 0.00000363. The molecule has 0 atom stereocenters. The van der Waals surface area contributed by atoms with E-state index in [4.69, 9.17) is 15.9 Å². The Morgan fingerprint density at radius 1 is 1.09 bits per heavy atom. The maximum Gasteiger partial charge on any atom is 0.191 e. The number of hydrogen-bond acceptors (Lipinski definition) is 4. The molecule has 0 aliphatic heterocycles. The quantitative estimate of drug-likeness (QED) is 0.187. The molecule has 0 radical (unpaired) electrons. The van der Waals surface area contributed by atoms with Crippen molar-refractivity contribution >= 4 is 29.9 Å². The van der Waals surface area contributed by atoms with Crippen LogP contribution < -0.4 is 20.1 Å². The molecular weight excluding hydrogens is 517 g/mol. The fourth-order valence-electron chi connectivity index (χ4n) is 3.10. The lowest BCUT2D eigenvalue weighted by molar-refractivity contribution is 0.330. The van der Waals surface area contributed by atoms with E-state index >= 15 is 0 Å². The van der Waals surface area contributed by atoms with Gasteiger partial charge in [0.25, 0.3) is 0 Å². The zero-order valence-electron chi connectivity index (χ0n) is 18.2. The number of aliphatic imine (C=N–C) groups is 1. The van der Waals surface area contributed by atoms with Gasteiger partial charge in [0.15, 0.2) is 17.5 Å². The van der Waals surface area contributed by atoms with Gasteiger partial charge in [-0.3, -0.25) is 9.67 Å². The molecule has 0 aliphatic rings. The molecule has 0 spiro atoms. The summed E-state index contributed by atoms with van der Waals surface area (Å²) in [5.41, 5.74) is 3.42. The first kappa shape index (κ1) is 25.1. The Morgan fingerprint density at radius 2 is 1.88 bits per heavy atom. The smallest absolute Gasteiger partial charge is 0.191 e. The molecular formula is C24H28IN5O2. The van der Waals surface area contributed by atoms with Gasteiger partial charge in [-0.15, -0.1) is 30.4 Å². The fourth-order valence-corrected chi connectivity index (χ4v) is 3.10. The first-order valence-electron chi connectivity index (χ1n) is 9.95. The lowest BCUT2D eigenvalue weighted by atomic mass is 10.1. The van der Waals surface area contributed by atoms with Gasteiger partial charge in [-0.2, -0.15) is 5.10 Å². The van der Waals surface area contributed by atoms with Crippen LogP contribution >= 0.6 is 24.0 Å². The van der Waals surface area contributed by atoms with Crippen LogP contribution in [0.1, 0.15) is 16.7 Å². The van der Waals surface area contributed by atoms with Gasteiger partial charge in [-0.25, -0.2) is 0 Å². The van der Waals surface area contributed by atoms with Crippen molar-refractivity contribution in [1.29, 1.82) is 0 Å². The first-order valence-corrected chi connectivity index (χ1v) is 9.95. The Labute approximate surface area is 206 Å². The average molecular weight is 545 g/mol. The molecule has 0 fully saturated rings. The second-order valence-electron chi connectivity index (χ2n) is 6.73. The first-order chi connectivity index (χ1) is 15.2. The predicted octanol–water partition coefficient (Wildman–Crippen LogP) is 3.44. The lowest BCUT2D eigenvalue weighted by Crippen LogP contribution is -2.36. The van der Waals surface area contributed by atoms with Crippen LogP contribution in [0.3, 0.4) is 0 Å². The second-order valence-corrected chi connectivity index (χ2v) is 6.73. The largest absolute Gasteiger partial charge is 0.493 e. The Kier molecular flexibility index (Phi) is 10.4. The summed E-state index contributed by atoms with van der Waals surface area (Å²) in [5.74, 6) is 4.44. The fraction of sp³-hybridized carbons (Fsp3) is 0.250. The standard InChI is InChI=1S/C24H27N5O2.HI/c1-4-14-31-23-15-19(10-11-22(23)30-3)16-26-24(25-2)27-17-20-8-5-6-9-21(20)18-29-13-7-12-28-29;/h1,5-13,15H,14,16-18H2,2-3H3,(H2,25,26,27);1H. The van der Waals surface area contributed by atoms with Crippen molar-refractivity contribution < 1.29 is 9.47 Å². The van der Waals surface area contributed by atoms with Crippen LogP contribution in [-0.4, -0.2) is 36.5 Å². The predicted molar refractivity (Wildman–Crippen MR) is 138 cm³/mol. The maximum atomic E-state index is 5.57. The monoisotopic (exact) mass is 545 g/mol. The van der Waals surface area contributed by atoms with Gasteiger partial charge in [-0.05, 0) is 34.9 Å². The van der Waals surface area contributed by atoms with Gasteiger partial charge in [-0.1, -0.05) is 36.3 Å². The Bertz CT molecular complexity index is 1040. The van der Waals surface area contributed by atoms with E-state index in [1.807, 2.05) is 47.3 Å². The highest BCUT2D eigenvalue weighted by molar-refractivity contribution is 14.0. The van der Waals surface area contributed by atoms with Crippen LogP contribution in [0.2, 0.25) is 0 Å². The number of terminal acetylenes is 1. The molecule has 168 valence electrons. The van der Waals surface area contributed by atoms with E-state index in [2.05, 4.69) is 38.8 Å². The summed E-state index contributed by atoms with van der Waals surface area (Å²) in [7, 11) is 3.35. The summed E-state index contributed by atoms with van der Waals surface area (Å²) in [4.78, 5) is 4.32. The number of halogens is 1. The van der Waals surface area contributed by atoms with E-state index < -0.39 is 0 Å². The van der Waals surface area contributed by atoms with Crippen LogP contribution in [0.15, 0.2) is 65.9 Å². The van der Waals surface area contributed by atoms with E-state index in [1.54, 1.807) is 20.4 Å². The molecule has 0 saturated heterocycles. The third-order valence-electron chi connectivity index (χ3n) is 4.68. The molecule has 3 rings (SSSR count). The molecule has 3 aromatic rings. The van der Waals surface area contributed by atoms with Crippen molar-refractivity contribution in [3.05, 3.63) is 77.6 Å². The molecule has 0 bridgehead atoms. The van der Waals surface area contributed by atoms with Crippen molar-refractivity contribution in [1.82, 2.24) is 20.4 Å². The molecule has 1 heterocycles. The highest BCUT2D eigenvalue weighted by atomic mass is 127. The minimum atomic E-state index is 0. The molecule has 32 heavy (non-hydrogen) atoms. The van der Waals surface area contributed by atoms with Gasteiger partial charge in [0.1, 0.15) is 6.61 Å². The average Bonchev–Trinajstić information content (AvgIpc) is 3.32. The van der Waals surface area contributed by atoms with E-state index in [1.165, 1.54) is 11.1 Å². The van der Waals surface area contributed by atoms with Crippen LogP contribution in [-0.2, 0) is 19.6 Å². The summed E-state index contributed by atoms with van der Waals surface area (Å²) in [6.45, 7) is 2.14. The number of methoxy groups -OCH3 is 1. The number of nitrogens with zero attached hydrogens (tertiary/aromatic N) is 3. The van der Waals surface area contributed by atoms with Crippen LogP contribution in [0.25, 0.3) is 0 Å². The number of aromatic nitrogens is 2. The van der Waals surface area contributed by atoms with E-state index in [0.717, 1.165) is 12.1 Å². The van der Waals surface area contributed by atoms with Crippen molar-refractivity contribution in [2.75, 3.05) is 20.8 Å². The zero-order chi connectivity index (χ0) is 21.9. The normalized spacial score (nSPS) is 10.6. The molecule has 2 N–H and O–H groups in total. The molecule has 0 aliphatic carbocycles. The molecule has 2 aromatic carbocycles. The van der Waals surface area contributed by atoms with Crippen LogP contribution in [0.5, 0.6) is 11.5 Å². The van der Waals surface area contributed by atoms with Gasteiger partial charge in [0, 0.05) is 32.5 Å². The van der Waals surface area contributed by atoms with Crippen molar-refractivity contribution in [2.24, 2.45) is 4.99 Å². The number of rotatable bonds is 9. The van der Waals surface area contributed by atoms with E-state index in [9.17, 15) is 0 Å². The second kappa shape index (κ2) is 13.3. The summed E-state index contributed by atoms with van der Waals surface area (Å²) in [5, 5.41) is 11.0.